The first-order chi connectivity index (χ1) is 21.6. The number of ether oxygens (including phenoxy) is 2. The predicted octanol–water partition coefficient (Wildman–Crippen LogP) is 11.7. The second kappa shape index (κ2) is 36.1. The van der Waals surface area contributed by atoms with Gasteiger partial charge in [-0.2, -0.15) is 0 Å². The van der Waals surface area contributed by atoms with Crippen LogP contribution in [0.1, 0.15) is 206 Å². The fourth-order valence-corrected chi connectivity index (χ4v) is 5.59. The van der Waals surface area contributed by atoms with Crippen LogP contribution in [0.4, 0.5) is 0 Å². The van der Waals surface area contributed by atoms with Crippen molar-refractivity contribution >= 4 is 11.9 Å². The molecule has 1 unspecified atom stereocenters. The van der Waals surface area contributed by atoms with Gasteiger partial charge in [0.15, 0.2) is 6.10 Å². The van der Waals surface area contributed by atoms with Crippen LogP contribution in [0.25, 0.3) is 0 Å². The summed E-state index contributed by atoms with van der Waals surface area (Å²) in [5.74, 6) is -0.593. The molecule has 1 N–H and O–H groups in total. The van der Waals surface area contributed by atoms with Gasteiger partial charge in [-0.25, -0.2) is 0 Å². The van der Waals surface area contributed by atoms with Crippen molar-refractivity contribution in [3.8, 4) is 0 Å². The average molecular weight is 623 g/mol. The van der Waals surface area contributed by atoms with E-state index in [4.69, 9.17) is 9.47 Å². The zero-order valence-corrected chi connectivity index (χ0v) is 29.4. The van der Waals surface area contributed by atoms with Crippen LogP contribution in [0.15, 0.2) is 12.2 Å². The molecule has 0 saturated heterocycles. The van der Waals surface area contributed by atoms with E-state index in [0.717, 1.165) is 38.5 Å². The summed E-state index contributed by atoms with van der Waals surface area (Å²) in [5.41, 5.74) is 0. The number of aliphatic hydroxyl groups is 1. The van der Waals surface area contributed by atoms with Crippen LogP contribution in [0.2, 0.25) is 0 Å². The van der Waals surface area contributed by atoms with Crippen molar-refractivity contribution in [1.29, 1.82) is 0 Å². The van der Waals surface area contributed by atoms with E-state index < -0.39 is 6.10 Å². The van der Waals surface area contributed by atoms with E-state index in [-0.39, 0.29) is 25.2 Å². The zero-order chi connectivity index (χ0) is 32.2. The van der Waals surface area contributed by atoms with E-state index in [1.807, 2.05) is 0 Å². The summed E-state index contributed by atoms with van der Waals surface area (Å²) in [5, 5.41) is 9.52. The van der Waals surface area contributed by atoms with Gasteiger partial charge in [0.05, 0.1) is 6.61 Å². The lowest BCUT2D eigenvalue weighted by molar-refractivity contribution is -0.161. The molecule has 5 nitrogen and oxygen atoms in total. The van der Waals surface area contributed by atoms with Crippen LogP contribution in [-0.2, 0) is 19.1 Å². The third-order valence-corrected chi connectivity index (χ3v) is 8.56. The minimum Gasteiger partial charge on any atom is -0.462 e. The van der Waals surface area contributed by atoms with Gasteiger partial charge in [-0.1, -0.05) is 174 Å². The molecule has 0 fully saturated rings. The van der Waals surface area contributed by atoms with Gasteiger partial charge >= 0.3 is 11.9 Å². The van der Waals surface area contributed by atoms with Gasteiger partial charge in [-0.05, 0) is 32.1 Å². The second-order valence-electron chi connectivity index (χ2n) is 13.0. The molecule has 0 heterocycles. The molecule has 0 aromatic rings. The van der Waals surface area contributed by atoms with Crippen molar-refractivity contribution < 1.29 is 24.2 Å². The summed E-state index contributed by atoms with van der Waals surface area (Å²) in [7, 11) is 0. The Hall–Kier alpha value is -1.36. The Kier molecular flexibility index (Phi) is 35.0. The fourth-order valence-electron chi connectivity index (χ4n) is 5.59. The standard InChI is InChI=1S/C39H74O5/c1-3-5-7-9-11-13-15-16-17-18-19-20-21-22-24-25-27-29-31-33-38(41)43-36-37(35-40)44-39(42)34-32-30-28-26-23-14-12-10-8-6-4-2/h10,12,37,40H,3-9,11,13-36H2,1-2H3/b12-10-. The number of aliphatic hydroxyl groups excluding tert-OH is 1. The van der Waals surface area contributed by atoms with E-state index in [1.54, 1.807) is 0 Å². The summed E-state index contributed by atoms with van der Waals surface area (Å²) in [4.78, 5) is 24.2. The van der Waals surface area contributed by atoms with Crippen LogP contribution < -0.4 is 0 Å². The number of carbonyl (C=O) groups excluding carboxylic acids is 2. The Morgan fingerprint density at radius 2 is 0.864 bits per heavy atom. The van der Waals surface area contributed by atoms with Crippen molar-refractivity contribution in [3.63, 3.8) is 0 Å². The van der Waals surface area contributed by atoms with Gasteiger partial charge in [0.2, 0.25) is 0 Å². The lowest BCUT2D eigenvalue weighted by Crippen LogP contribution is -2.28. The fraction of sp³-hybridized carbons (Fsp3) is 0.897. The van der Waals surface area contributed by atoms with Crippen molar-refractivity contribution in [2.24, 2.45) is 0 Å². The molecule has 0 radical (unpaired) electrons. The van der Waals surface area contributed by atoms with E-state index in [9.17, 15) is 14.7 Å². The minimum absolute atomic E-state index is 0.0635. The molecule has 0 rings (SSSR count). The summed E-state index contributed by atoms with van der Waals surface area (Å²) >= 11 is 0. The molecule has 5 heteroatoms. The number of hydrogen-bond acceptors (Lipinski definition) is 5. The first kappa shape index (κ1) is 42.6. The van der Waals surface area contributed by atoms with Crippen LogP contribution >= 0.6 is 0 Å². The number of esters is 2. The summed E-state index contributed by atoms with van der Waals surface area (Å²) < 4.78 is 10.6. The molecular formula is C39H74O5. The number of unbranched alkanes of at least 4 members (excludes halogenated alkanes) is 25. The molecule has 0 spiro atoms. The quantitative estimate of drug-likeness (QED) is 0.0432. The zero-order valence-electron chi connectivity index (χ0n) is 29.4. The summed E-state index contributed by atoms with van der Waals surface area (Å²) in [6, 6.07) is 0. The molecule has 0 aliphatic heterocycles. The molecule has 44 heavy (non-hydrogen) atoms. The number of rotatable bonds is 35. The third-order valence-electron chi connectivity index (χ3n) is 8.56. The maximum Gasteiger partial charge on any atom is 0.306 e. The lowest BCUT2D eigenvalue weighted by atomic mass is 10.0. The van der Waals surface area contributed by atoms with Crippen molar-refractivity contribution in [1.82, 2.24) is 0 Å². The Balaban J connectivity index is 3.49. The van der Waals surface area contributed by atoms with Crippen molar-refractivity contribution in [3.05, 3.63) is 12.2 Å². The summed E-state index contributed by atoms with van der Waals surface area (Å²) in [6.45, 7) is 4.10. The van der Waals surface area contributed by atoms with Gasteiger partial charge in [0, 0.05) is 12.8 Å². The molecule has 260 valence electrons. The molecule has 0 bridgehead atoms. The first-order valence-corrected chi connectivity index (χ1v) is 19.2. The average Bonchev–Trinajstić information content (AvgIpc) is 3.02. The normalized spacial score (nSPS) is 12.2. The molecular weight excluding hydrogens is 548 g/mol. The Morgan fingerprint density at radius 1 is 0.500 bits per heavy atom. The molecule has 0 amide bonds. The highest BCUT2D eigenvalue weighted by Crippen LogP contribution is 2.15. The highest BCUT2D eigenvalue weighted by atomic mass is 16.6. The number of carbonyl (C=O) groups is 2. The van der Waals surface area contributed by atoms with Crippen LogP contribution in [0, 0.1) is 0 Å². The van der Waals surface area contributed by atoms with Gasteiger partial charge in [0.25, 0.3) is 0 Å². The second-order valence-corrected chi connectivity index (χ2v) is 13.0. The molecule has 0 aromatic carbocycles. The van der Waals surface area contributed by atoms with Gasteiger partial charge in [-0.3, -0.25) is 9.59 Å². The molecule has 0 aliphatic carbocycles. The first-order valence-electron chi connectivity index (χ1n) is 19.2. The highest BCUT2D eigenvalue weighted by Gasteiger charge is 2.16. The van der Waals surface area contributed by atoms with E-state index in [2.05, 4.69) is 26.0 Å². The predicted molar refractivity (Wildman–Crippen MR) is 187 cm³/mol. The maximum absolute atomic E-state index is 12.1. The molecule has 0 aromatic heterocycles. The monoisotopic (exact) mass is 623 g/mol. The Labute approximate surface area is 273 Å². The third kappa shape index (κ3) is 33.5. The molecule has 0 saturated carbocycles. The van der Waals surface area contributed by atoms with Gasteiger partial charge < -0.3 is 14.6 Å². The summed E-state index contributed by atoms with van der Waals surface area (Å²) in [6.07, 6.45) is 39.9. The highest BCUT2D eigenvalue weighted by molar-refractivity contribution is 5.70. The molecule has 1 atom stereocenters. The minimum atomic E-state index is -0.768. The van der Waals surface area contributed by atoms with E-state index in [0.29, 0.717) is 12.8 Å². The number of hydrogen-bond donors (Lipinski definition) is 1. The lowest BCUT2D eigenvalue weighted by Gasteiger charge is -2.15. The van der Waals surface area contributed by atoms with Crippen molar-refractivity contribution in [2.45, 2.75) is 213 Å². The number of allylic oxidation sites excluding steroid dienone is 2. The van der Waals surface area contributed by atoms with E-state index in [1.165, 1.54) is 141 Å². The van der Waals surface area contributed by atoms with Gasteiger partial charge in [-0.15, -0.1) is 0 Å². The van der Waals surface area contributed by atoms with Crippen LogP contribution in [-0.4, -0.2) is 36.4 Å². The SMILES string of the molecule is CCCC/C=C\CCCCCCCC(=O)OC(CO)COC(=O)CCCCCCCCCCCCCCCCCCCCC. The van der Waals surface area contributed by atoms with E-state index >= 15 is 0 Å². The molecule has 0 aliphatic rings. The largest absolute Gasteiger partial charge is 0.462 e. The smallest absolute Gasteiger partial charge is 0.306 e. The Morgan fingerprint density at radius 3 is 1.30 bits per heavy atom. The Bertz CT molecular complexity index is 632. The topological polar surface area (TPSA) is 72.8 Å². The van der Waals surface area contributed by atoms with Crippen LogP contribution in [0.3, 0.4) is 0 Å². The van der Waals surface area contributed by atoms with Crippen molar-refractivity contribution in [2.75, 3.05) is 13.2 Å². The van der Waals surface area contributed by atoms with Gasteiger partial charge in [0.1, 0.15) is 6.61 Å². The van der Waals surface area contributed by atoms with Crippen LogP contribution in [0.5, 0.6) is 0 Å². The maximum atomic E-state index is 12.1.